The molecule has 0 aromatic carbocycles. The van der Waals surface area contributed by atoms with E-state index in [1.54, 1.807) is 11.9 Å². The summed E-state index contributed by atoms with van der Waals surface area (Å²) in [5.41, 5.74) is 0. The lowest BCUT2D eigenvalue weighted by atomic mass is 10.3. The normalized spacial score (nSPS) is 18.8. The minimum Gasteiger partial charge on any atom is -0.395 e. The van der Waals surface area contributed by atoms with E-state index in [1.807, 2.05) is 0 Å². The van der Waals surface area contributed by atoms with Crippen molar-refractivity contribution in [3.8, 4) is 0 Å². The molecule has 0 aromatic rings. The van der Waals surface area contributed by atoms with Crippen LogP contribution in [0.2, 0.25) is 0 Å². The first-order valence-corrected chi connectivity index (χ1v) is 4.58. The van der Waals surface area contributed by atoms with Crippen LogP contribution in [-0.2, 0) is 0 Å². The van der Waals surface area contributed by atoms with Crippen LogP contribution in [0.25, 0.3) is 0 Å². The number of hydrogen-bond donors (Lipinski definition) is 2. The summed E-state index contributed by atoms with van der Waals surface area (Å²) >= 11 is 0. The highest BCUT2D eigenvalue weighted by Crippen LogP contribution is 2.00. The molecule has 0 aliphatic carbocycles. The molecule has 1 fully saturated rings. The molecule has 0 spiro atoms. The minimum absolute atomic E-state index is 0.0105. The second-order valence-electron chi connectivity index (χ2n) is 3.11. The van der Waals surface area contributed by atoms with Crippen molar-refractivity contribution < 1.29 is 9.90 Å². The number of carbonyl (C=O) groups is 1. The van der Waals surface area contributed by atoms with Gasteiger partial charge < -0.3 is 15.3 Å². The van der Waals surface area contributed by atoms with Gasteiger partial charge >= 0.3 is 6.03 Å². The Morgan fingerprint density at radius 2 is 2.00 bits per heavy atom. The summed E-state index contributed by atoms with van der Waals surface area (Å²) in [5, 5.41) is 11.3. The van der Waals surface area contributed by atoms with Crippen molar-refractivity contribution in [3.63, 3.8) is 0 Å². The Balaban J connectivity index is 2.26. The second-order valence-corrected chi connectivity index (χ2v) is 3.11. The molecular weight excluding hydrogens is 170 g/mol. The van der Waals surface area contributed by atoms with E-state index < -0.39 is 0 Å². The highest BCUT2D eigenvalue weighted by molar-refractivity contribution is 5.73. The van der Waals surface area contributed by atoms with Crippen LogP contribution in [0.4, 0.5) is 4.79 Å². The molecule has 0 atom stereocenters. The van der Waals surface area contributed by atoms with Crippen molar-refractivity contribution in [2.24, 2.45) is 0 Å². The first-order valence-electron chi connectivity index (χ1n) is 4.58. The zero-order valence-electron chi connectivity index (χ0n) is 7.99. The molecule has 5 nitrogen and oxygen atoms in total. The molecule has 0 bridgehead atoms. The van der Waals surface area contributed by atoms with Gasteiger partial charge in [0.05, 0.1) is 6.61 Å². The Hall–Kier alpha value is -0.810. The lowest BCUT2D eigenvalue weighted by Gasteiger charge is -2.33. The van der Waals surface area contributed by atoms with E-state index in [-0.39, 0.29) is 12.6 Å². The quantitative estimate of drug-likeness (QED) is 0.579. The molecule has 1 aliphatic rings. The molecule has 2 amide bonds. The Kier molecular flexibility index (Phi) is 3.98. The molecule has 1 saturated heterocycles. The largest absolute Gasteiger partial charge is 0.395 e. The molecule has 1 rings (SSSR count). The zero-order chi connectivity index (χ0) is 9.68. The van der Waals surface area contributed by atoms with Crippen molar-refractivity contribution in [2.75, 3.05) is 46.4 Å². The zero-order valence-corrected chi connectivity index (χ0v) is 7.99. The Morgan fingerprint density at radius 3 is 2.46 bits per heavy atom. The van der Waals surface area contributed by atoms with Crippen molar-refractivity contribution in [3.05, 3.63) is 0 Å². The molecule has 0 unspecified atom stereocenters. The number of urea groups is 1. The predicted octanol–water partition coefficient (Wildman–Crippen LogP) is -1.06. The summed E-state index contributed by atoms with van der Waals surface area (Å²) < 4.78 is 0. The number of hydrogen-bond acceptors (Lipinski definition) is 3. The second kappa shape index (κ2) is 5.04. The van der Waals surface area contributed by atoms with Crippen LogP contribution in [0.15, 0.2) is 0 Å². The standard InChI is InChI=1S/C8H17N3O2/c1-9-8(13)11-4-2-10(3-5-11)6-7-12/h12H,2-7H2,1H3,(H,9,13). The van der Waals surface area contributed by atoms with E-state index in [1.165, 1.54) is 0 Å². The number of piperazine rings is 1. The molecule has 2 N–H and O–H groups in total. The van der Waals surface area contributed by atoms with Gasteiger partial charge in [-0.05, 0) is 0 Å². The SMILES string of the molecule is CNC(=O)N1CCN(CCO)CC1. The monoisotopic (exact) mass is 187 g/mol. The molecule has 76 valence electrons. The molecular formula is C8H17N3O2. The average Bonchev–Trinajstić information content (AvgIpc) is 2.18. The average molecular weight is 187 g/mol. The highest BCUT2D eigenvalue weighted by atomic mass is 16.3. The summed E-state index contributed by atoms with van der Waals surface area (Å²) in [4.78, 5) is 15.1. The van der Waals surface area contributed by atoms with E-state index in [2.05, 4.69) is 10.2 Å². The van der Waals surface area contributed by atoms with Crippen LogP contribution in [0.5, 0.6) is 0 Å². The lowest BCUT2D eigenvalue weighted by molar-refractivity contribution is 0.123. The predicted molar refractivity (Wildman–Crippen MR) is 49.6 cm³/mol. The number of β-amino-alcohol motifs (C(OH)–C–C–N with tert-alkyl or cyclic N) is 1. The fourth-order valence-corrected chi connectivity index (χ4v) is 1.47. The third-order valence-electron chi connectivity index (χ3n) is 2.29. The van der Waals surface area contributed by atoms with E-state index >= 15 is 0 Å². The van der Waals surface area contributed by atoms with E-state index in [0.29, 0.717) is 6.54 Å². The molecule has 0 aromatic heterocycles. The first kappa shape index (κ1) is 10.3. The Bertz CT molecular complexity index is 167. The molecule has 13 heavy (non-hydrogen) atoms. The van der Waals surface area contributed by atoms with Gasteiger partial charge in [0.2, 0.25) is 0 Å². The first-order chi connectivity index (χ1) is 6.27. The van der Waals surface area contributed by atoms with E-state index in [4.69, 9.17) is 5.11 Å². The third-order valence-corrected chi connectivity index (χ3v) is 2.29. The van der Waals surface area contributed by atoms with Gasteiger partial charge in [-0.1, -0.05) is 0 Å². The maximum Gasteiger partial charge on any atom is 0.317 e. The van der Waals surface area contributed by atoms with Gasteiger partial charge in [0, 0.05) is 39.8 Å². The smallest absolute Gasteiger partial charge is 0.317 e. The van der Waals surface area contributed by atoms with Gasteiger partial charge in [-0.3, -0.25) is 4.90 Å². The van der Waals surface area contributed by atoms with Crippen molar-refractivity contribution >= 4 is 6.03 Å². The molecule has 0 radical (unpaired) electrons. The number of carbonyl (C=O) groups excluding carboxylic acids is 1. The van der Waals surface area contributed by atoms with Crippen LogP contribution < -0.4 is 5.32 Å². The number of aliphatic hydroxyl groups excluding tert-OH is 1. The lowest BCUT2D eigenvalue weighted by Crippen LogP contribution is -2.51. The number of aliphatic hydroxyl groups is 1. The Morgan fingerprint density at radius 1 is 1.38 bits per heavy atom. The minimum atomic E-state index is -0.0105. The van der Waals surface area contributed by atoms with Gasteiger partial charge in [-0.15, -0.1) is 0 Å². The molecule has 5 heteroatoms. The fourth-order valence-electron chi connectivity index (χ4n) is 1.47. The van der Waals surface area contributed by atoms with Gasteiger partial charge in [0.15, 0.2) is 0 Å². The van der Waals surface area contributed by atoms with Crippen molar-refractivity contribution in [1.29, 1.82) is 0 Å². The maximum absolute atomic E-state index is 11.2. The van der Waals surface area contributed by atoms with Crippen molar-refractivity contribution in [1.82, 2.24) is 15.1 Å². The highest BCUT2D eigenvalue weighted by Gasteiger charge is 2.19. The summed E-state index contributed by atoms with van der Waals surface area (Å²) in [6.45, 7) is 4.11. The summed E-state index contributed by atoms with van der Waals surface area (Å²) in [7, 11) is 1.64. The number of rotatable bonds is 2. The molecule has 1 heterocycles. The topological polar surface area (TPSA) is 55.8 Å². The molecule has 1 aliphatic heterocycles. The summed E-state index contributed by atoms with van der Waals surface area (Å²) in [6, 6.07) is -0.0105. The van der Waals surface area contributed by atoms with Crippen LogP contribution in [0, 0.1) is 0 Å². The van der Waals surface area contributed by atoms with Gasteiger partial charge in [-0.2, -0.15) is 0 Å². The van der Waals surface area contributed by atoms with Gasteiger partial charge in [0.25, 0.3) is 0 Å². The summed E-state index contributed by atoms with van der Waals surface area (Å²) in [5.74, 6) is 0. The summed E-state index contributed by atoms with van der Waals surface area (Å²) in [6.07, 6.45) is 0. The van der Waals surface area contributed by atoms with E-state index in [9.17, 15) is 4.79 Å². The number of amides is 2. The van der Waals surface area contributed by atoms with Crippen molar-refractivity contribution in [2.45, 2.75) is 0 Å². The fraction of sp³-hybridized carbons (Fsp3) is 0.875. The molecule has 0 saturated carbocycles. The van der Waals surface area contributed by atoms with Crippen LogP contribution >= 0.6 is 0 Å². The van der Waals surface area contributed by atoms with Crippen LogP contribution in [-0.4, -0.2) is 67.3 Å². The number of nitrogens with zero attached hydrogens (tertiary/aromatic N) is 2. The third kappa shape index (κ3) is 2.86. The van der Waals surface area contributed by atoms with E-state index in [0.717, 1.165) is 26.2 Å². The van der Waals surface area contributed by atoms with Crippen LogP contribution in [0.3, 0.4) is 0 Å². The Labute approximate surface area is 78.3 Å². The van der Waals surface area contributed by atoms with Crippen LogP contribution in [0.1, 0.15) is 0 Å². The van der Waals surface area contributed by atoms with Gasteiger partial charge in [-0.25, -0.2) is 4.79 Å². The maximum atomic E-state index is 11.2. The number of nitrogens with one attached hydrogen (secondary N) is 1. The van der Waals surface area contributed by atoms with Gasteiger partial charge in [0.1, 0.15) is 0 Å².